The molecule has 0 spiro atoms. The van der Waals surface area contributed by atoms with Gasteiger partial charge in [0.25, 0.3) is 0 Å². The second-order valence-corrected chi connectivity index (χ2v) is 5.62. The zero-order valence-corrected chi connectivity index (χ0v) is 12.4. The summed E-state index contributed by atoms with van der Waals surface area (Å²) in [5.74, 6) is 0.758. The topological polar surface area (TPSA) is 37.0 Å². The highest BCUT2D eigenvalue weighted by Gasteiger charge is 2.34. The van der Waals surface area contributed by atoms with E-state index in [0.717, 1.165) is 45.4 Å². The van der Waals surface area contributed by atoms with Gasteiger partial charge in [-0.25, -0.2) is 0 Å². The largest absolute Gasteiger partial charge is 0.383 e. The monoisotopic (exact) mass is 271 g/mol. The van der Waals surface area contributed by atoms with E-state index in [4.69, 9.17) is 9.47 Å². The lowest BCUT2D eigenvalue weighted by molar-refractivity contribution is -0.0362. The van der Waals surface area contributed by atoms with E-state index < -0.39 is 0 Å². The Morgan fingerprint density at radius 3 is 3.00 bits per heavy atom. The fourth-order valence-corrected chi connectivity index (χ4v) is 3.23. The molecular formula is C14H29N3O2. The van der Waals surface area contributed by atoms with Crippen LogP contribution in [0.15, 0.2) is 0 Å². The summed E-state index contributed by atoms with van der Waals surface area (Å²) < 4.78 is 10.9. The quantitative estimate of drug-likeness (QED) is 0.698. The first-order valence-corrected chi connectivity index (χ1v) is 7.53. The van der Waals surface area contributed by atoms with E-state index in [2.05, 4.69) is 15.1 Å². The van der Waals surface area contributed by atoms with Gasteiger partial charge in [0.15, 0.2) is 0 Å². The summed E-state index contributed by atoms with van der Waals surface area (Å²) in [6.45, 7) is 9.40. The van der Waals surface area contributed by atoms with Gasteiger partial charge in [0, 0.05) is 45.9 Å². The van der Waals surface area contributed by atoms with E-state index in [1.165, 1.54) is 26.1 Å². The van der Waals surface area contributed by atoms with Crippen molar-refractivity contribution in [2.45, 2.75) is 12.5 Å². The number of likely N-dealkylation sites (N-methyl/N-ethyl adjacent to an activating group) is 1. The Labute approximate surface area is 117 Å². The van der Waals surface area contributed by atoms with Crippen molar-refractivity contribution in [3.63, 3.8) is 0 Å². The van der Waals surface area contributed by atoms with Crippen LogP contribution >= 0.6 is 0 Å². The minimum Gasteiger partial charge on any atom is -0.383 e. The molecule has 2 atom stereocenters. The summed E-state index contributed by atoms with van der Waals surface area (Å²) in [6, 6.07) is 0.587. The van der Waals surface area contributed by atoms with Gasteiger partial charge in [-0.1, -0.05) is 0 Å². The van der Waals surface area contributed by atoms with Crippen molar-refractivity contribution < 1.29 is 9.47 Å². The van der Waals surface area contributed by atoms with Crippen LogP contribution in [-0.4, -0.2) is 89.1 Å². The number of likely N-dealkylation sites (tertiary alicyclic amines) is 1. The first kappa shape index (κ1) is 15.2. The molecule has 2 aliphatic heterocycles. The first-order chi connectivity index (χ1) is 9.35. The van der Waals surface area contributed by atoms with Gasteiger partial charge in [0.2, 0.25) is 0 Å². The molecule has 2 rings (SSSR count). The lowest BCUT2D eigenvalue weighted by Crippen LogP contribution is -2.51. The van der Waals surface area contributed by atoms with Crippen molar-refractivity contribution in [1.29, 1.82) is 0 Å². The van der Waals surface area contributed by atoms with Crippen LogP contribution in [0.5, 0.6) is 0 Å². The maximum absolute atomic E-state index is 5.71. The van der Waals surface area contributed by atoms with Crippen molar-refractivity contribution in [1.82, 2.24) is 15.1 Å². The molecule has 0 saturated carbocycles. The van der Waals surface area contributed by atoms with Crippen molar-refractivity contribution in [3.05, 3.63) is 0 Å². The Bertz CT molecular complexity index is 253. The number of ether oxygens (including phenoxy) is 2. The first-order valence-electron chi connectivity index (χ1n) is 7.53. The summed E-state index contributed by atoms with van der Waals surface area (Å²) in [5.41, 5.74) is 0. The van der Waals surface area contributed by atoms with Crippen LogP contribution in [0.25, 0.3) is 0 Å². The molecule has 2 heterocycles. The van der Waals surface area contributed by atoms with E-state index in [1.807, 2.05) is 7.05 Å². The third-order valence-corrected chi connectivity index (χ3v) is 4.39. The standard InChI is InChI=1S/C14H29N3O2/c1-15-4-6-16-5-3-13(11-16)14-12-19-10-8-17(14)7-9-18-2/h13-15H,3-12H2,1-2H3. The highest BCUT2D eigenvalue weighted by atomic mass is 16.5. The maximum Gasteiger partial charge on any atom is 0.0625 e. The van der Waals surface area contributed by atoms with E-state index >= 15 is 0 Å². The van der Waals surface area contributed by atoms with Crippen LogP contribution in [-0.2, 0) is 9.47 Å². The lowest BCUT2D eigenvalue weighted by Gasteiger charge is -2.39. The number of methoxy groups -OCH3 is 1. The molecule has 1 N–H and O–H groups in total. The molecule has 0 aromatic carbocycles. The molecule has 2 saturated heterocycles. The third kappa shape index (κ3) is 4.39. The van der Waals surface area contributed by atoms with Gasteiger partial charge in [-0.3, -0.25) is 4.90 Å². The summed E-state index contributed by atoms with van der Waals surface area (Å²) in [4.78, 5) is 5.14. The van der Waals surface area contributed by atoms with Crippen molar-refractivity contribution >= 4 is 0 Å². The molecule has 0 bridgehead atoms. The second-order valence-electron chi connectivity index (χ2n) is 5.62. The fourth-order valence-electron chi connectivity index (χ4n) is 3.23. The van der Waals surface area contributed by atoms with Crippen LogP contribution in [0, 0.1) is 5.92 Å². The average Bonchev–Trinajstić information content (AvgIpc) is 2.92. The summed E-state index contributed by atoms with van der Waals surface area (Å²) in [7, 11) is 3.81. The average molecular weight is 271 g/mol. The second kappa shape index (κ2) is 8.17. The molecule has 0 aromatic heterocycles. The minimum atomic E-state index is 0.587. The van der Waals surface area contributed by atoms with Crippen molar-refractivity contribution in [2.75, 3.05) is 73.2 Å². The number of hydrogen-bond acceptors (Lipinski definition) is 5. The molecule has 0 aromatic rings. The van der Waals surface area contributed by atoms with Gasteiger partial charge in [-0.15, -0.1) is 0 Å². The van der Waals surface area contributed by atoms with Crippen LogP contribution in [0.4, 0.5) is 0 Å². The number of nitrogens with one attached hydrogen (secondary N) is 1. The Balaban J connectivity index is 1.81. The smallest absolute Gasteiger partial charge is 0.0625 e. The number of hydrogen-bond donors (Lipinski definition) is 1. The van der Waals surface area contributed by atoms with E-state index in [9.17, 15) is 0 Å². The van der Waals surface area contributed by atoms with E-state index in [0.29, 0.717) is 6.04 Å². The Kier molecular flexibility index (Phi) is 6.53. The molecule has 19 heavy (non-hydrogen) atoms. The highest BCUT2D eigenvalue weighted by molar-refractivity contribution is 4.88. The van der Waals surface area contributed by atoms with Crippen LogP contribution in [0.1, 0.15) is 6.42 Å². The Morgan fingerprint density at radius 1 is 1.32 bits per heavy atom. The molecular weight excluding hydrogens is 242 g/mol. The molecule has 112 valence electrons. The lowest BCUT2D eigenvalue weighted by atomic mass is 9.97. The zero-order chi connectivity index (χ0) is 13.5. The van der Waals surface area contributed by atoms with E-state index in [1.54, 1.807) is 7.11 Å². The van der Waals surface area contributed by atoms with Gasteiger partial charge >= 0.3 is 0 Å². The normalized spacial score (nSPS) is 30.0. The molecule has 5 nitrogen and oxygen atoms in total. The van der Waals surface area contributed by atoms with Gasteiger partial charge in [-0.2, -0.15) is 0 Å². The van der Waals surface area contributed by atoms with Crippen molar-refractivity contribution in [2.24, 2.45) is 5.92 Å². The summed E-state index contributed by atoms with van der Waals surface area (Å²) >= 11 is 0. The van der Waals surface area contributed by atoms with E-state index in [-0.39, 0.29) is 0 Å². The predicted molar refractivity (Wildman–Crippen MR) is 76.5 cm³/mol. The van der Waals surface area contributed by atoms with Gasteiger partial charge in [-0.05, 0) is 25.9 Å². The van der Waals surface area contributed by atoms with Gasteiger partial charge in [0.05, 0.1) is 19.8 Å². The third-order valence-electron chi connectivity index (χ3n) is 4.39. The molecule has 2 aliphatic rings. The molecule has 0 aliphatic carbocycles. The zero-order valence-electron chi connectivity index (χ0n) is 12.4. The molecule has 2 unspecified atom stereocenters. The summed E-state index contributed by atoms with van der Waals surface area (Å²) in [5, 5.41) is 3.23. The summed E-state index contributed by atoms with van der Waals surface area (Å²) in [6.07, 6.45) is 1.31. The SMILES string of the molecule is CNCCN1CCC(C2COCCN2CCOC)C1. The number of nitrogens with zero attached hydrogens (tertiary/aromatic N) is 2. The molecule has 0 radical (unpaired) electrons. The van der Waals surface area contributed by atoms with Crippen molar-refractivity contribution in [3.8, 4) is 0 Å². The van der Waals surface area contributed by atoms with Gasteiger partial charge in [0.1, 0.15) is 0 Å². The Hall–Kier alpha value is -0.200. The predicted octanol–water partition coefficient (Wildman–Crippen LogP) is -0.125. The molecule has 2 fully saturated rings. The van der Waals surface area contributed by atoms with Crippen LogP contribution < -0.4 is 5.32 Å². The van der Waals surface area contributed by atoms with Crippen LogP contribution in [0.3, 0.4) is 0 Å². The van der Waals surface area contributed by atoms with Gasteiger partial charge < -0.3 is 19.7 Å². The Morgan fingerprint density at radius 2 is 2.21 bits per heavy atom. The minimum absolute atomic E-state index is 0.587. The highest BCUT2D eigenvalue weighted by Crippen LogP contribution is 2.25. The number of rotatable bonds is 7. The molecule has 0 amide bonds. The molecule has 5 heteroatoms. The fraction of sp³-hybridized carbons (Fsp3) is 1.00. The van der Waals surface area contributed by atoms with Crippen LogP contribution in [0.2, 0.25) is 0 Å². The number of morpholine rings is 1. The maximum atomic E-state index is 5.71.